The summed E-state index contributed by atoms with van der Waals surface area (Å²) in [5.41, 5.74) is 4.72. The molecule has 1 N–H and O–H groups in total. The Morgan fingerprint density at radius 3 is 2.91 bits per heavy atom. The van der Waals surface area contributed by atoms with E-state index in [0.29, 0.717) is 5.41 Å². The molecule has 3 atom stereocenters. The molecule has 1 aromatic carbocycles. The molecular formula is C19H28N2O. The van der Waals surface area contributed by atoms with Crippen LogP contribution in [0.2, 0.25) is 0 Å². The molecule has 120 valence electrons. The number of hydrogen-bond acceptors (Lipinski definition) is 3. The van der Waals surface area contributed by atoms with Crippen LogP contribution >= 0.6 is 0 Å². The second-order valence-corrected chi connectivity index (χ2v) is 7.47. The molecule has 1 saturated carbocycles. The standard InChI is InChI=1S/C19H28N2O/c1-20-16-10-13-11-17-14-6-4-5-7-19(14,8-9-21(17)2)15(13)12-18(16)22-3/h10,12,14,17,20H,4-9,11H2,1-3H3/t14-,17-,19+/m0/s1. The van der Waals surface area contributed by atoms with E-state index in [-0.39, 0.29) is 0 Å². The van der Waals surface area contributed by atoms with Crippen molar-refractivity contribution in [3.8, 4) is 5.75 Å². The van der Waals surface area contributed by atoms with Crippen molar-refractivity contribution in [2.75, 3.05) is 33.1 Å². The zero-order valence-electron chi connectivity index (χ0n) is 14.1. The summed E-state index contributed by atoms with van der Waals surface area (Å²) in [6.07, 6.45) is 8.11. The van der Waals surface area contributed by atoms with E-state index in [2.05, 4.69) is 29.4 Å². The summed E-state index contributed by atoms with van der Waals surface area (Å²) >= 11 is 0. The van der Waals surface area contributed by atoms with Crippen molar-refractivity contribution in [3.05, 3.63) is 23.3 Å². The minimum absolute atomic E-state index is 0.419. The molecule has 3 heteroatoms. The van der Waals surface area contributed by atoms with Crippen molar-refractivity contribution < 1.29 is 4.74 Å². The second-order valence-electron chi connectivity index (χ2n) is 7.47. The number of piperidine rings is 1. The lowest BCUT2D eigenvalue weighted by molar-refractivity contribution is 0.00277. The smallest absolute Gasteiger partial charge is 0.142 e. The molecule has 2 fully saturated rings. The largest absolute Gasteiger partial charge is 0.495 e. The number of ether oxygens (including phenoxy) is 1. The summed E-state index contributed by atoms with van der Waals surface area (Å²) in [5.74, 6) is 1.86. The first-order valence-corrected chi connectivity index (χ1v) is 8.79. The van der Waals surface area contributed by atoms with Crippen molar-refractivity contribution in [1.29, 1.82) is 0 Å². The minimum atomic E-state index is 0.419. The van der Waals surface area contributed by atoms with E-state index in [1.807, 2.05) is 7.05 Å². The molecule has 0 spiro atoms. The van der Waals surface area contributed by atoms with Crippen LogP contribution in [0.5, 0.6) is 5.75 Å². The third kappa shape index (κ3) is 1.84. The van der Waals surface area contributed by atoms with Gasteiger partial charge in [0, 0.05) is 18.5 Å². The van der Waals surface area contributed by atoms with Gasteiger partial charge in [-0.15, -0.1) is 0 Å². The maximum absolute atomic E-state index is 5.66. The van der Waals surface area contributed by atoms with Gasteiger partial charge in [0.25, 0.3) is 0 Å². The monoisotopic (exact) mass is 300 g/mol. The average Bonchev–Trinajstić information content (AvgIpc) is 2.57. The SMILES string of the molecule is CNc1cc2c(cc1OC)[C@@]13CCCC[C@H]1[C@H](C2)N(C)CC3. The Morgan fingerprint density at radius 1 is 1.27 bits per heavy atom. The molecule has 3 aliphatic rings. The highest BCUT2D eigenvalue weighted by atomic mass is 16.5. The van der Waals surface area contributed by atoms with Crippen LogP contribution in [-0.2, 0) is 11.8 Å². The van der Waals surface area contributed by atoms with Gasteiger partial charge in [-0.05, 0) is 68.5 Å². The molecule has 0 radical (unpaired) electrons. The molecule has 2 aliphatic carbocycles. The Labute approximate surface area is 134 Å². The summed E-state index contributed by atoms with van der Waals surface area (Å²) in [5, 5.41) is 3.30. The normalized spacial score (nSPS) is 33.8. The zero-order chi connectivity index (χ0) is 15.3. The number of hydrogen-bond donors (Lipinski definition) is 1. The summed E-state index contributed by atoms with van der Waals surface area (Å²) in [7, 11) is 6.11. The van der Waals surface area contributed by atoms with Crippen LogP contribution in [0, 0.1) is 5.92 Å². The number of rotatable bonds is 2. The lowest BCUT2D eigenvalue weighted by atomic mass is 9.52. The number of anilines is 1. The van der Waals surface area contributed by atoms with Gasteiger partial charge in [-0.1, -0.05) is 12.8 Å². The Balaban J connectivity index is 1.89. The lowest BCUT2D eigenvalue weighted by Crippen LogP contribution is -2.59. The van der Waals surface area contributed by atoms with E-state index in [9.17, 15) is 0 Å². The molecule has 2 bridgehead atoms. The van der Waals surface area contributed by atoms with Gasteiger partial charge in [0.2, 0.25) is 0 Å². The van der Waals surface area contributed by atoms with E-state index in [0.717, 1.165) is 23.4 Å². The number of likely N-dealkylation sites (N-methyl/N-ethyl adjacent to an activating group) is 1. The van der Waals surface area contributed by atoms with Crippen LogP contribution in [0.4, 0.5) is 5.69 Å². The van der Waals surface area contributed by atoms with Crippen molar-refractivity contribution in [1.82, 2.24) is 4.90 Å². The van der Waals surface area contributed by atoms with Gasteiger partial charge in [-0.3, -0.25) is 0 Å². The first kappa shape index (κ1) is 14.4. The number of likely N-dealkylation sites (tertiary alicyclic amines) is 1. The second kappa shape index (κ2) is 5.16. The summed E-state index contributed by atoms with van der Waals surface area (Å²) in [6, 6.07) is 5.45. The summed E-state index contributed by atoms with van der Waals surface area (Å²) in [6.45, 7) is 1.25. The van der Waals surface area contributed by atoms with Gasteiger partial charge in [-0.2, -0.15) is 0 Å². The highest BCUT2D eigenvalue weighted by Crippen LogP contribution is 2.56. The van der Waals surface area contributed by atoms with Crippen LogP contribution in [0.1, 0.15) is 43.2 Å². The summed E-state index contributed by atoms with van der Waals surface area (Å²) < 4.78 is 5.66. The van der Waals surface area contributed by atoms with E-state index < -0.39 is 0 Å². The van der Waals surface area contributed by atoms with E-state index in [1.54, 1.807) is 18.2 Å². The number of benzene rings is 1. The molecule has 0 aromatic heterocycles. The molecule has 0 unspecified atom stereocenters. The molecule has 1 heterocycles. The van der Waals surface area contributed by atoms with Gasteiger partial charge < -0.3 is 15.0 Å². The van der Waals surface area contributed by atoms with Gasteiger partial charge in [0.15, 0.2) is 0 Å². The zero-order valence-corrected chi connectivity index (χ0v) is 14.1. The first-order chi connectivity index (χ1) is 10.7. The van der Waals surface area contributed by atoms with E-state index in [1.165, 1.54) is 45.1 Å². The fraction of sp³-hybridized carbons (Fsp3) is 0.684. The third-order valence-electron chi connectivity index (χ3n) is 6.70. The highest BCUT2D eigenvalue weighted by Gasteiger charge is 2.53. The van der Waals surface area contributed by atoms with Crippen molar-refractivity contribution in [2.24, 2.45) is 5.92 Å². The third-order valence-corrected chi connectivity index (χ3v) is 6.70. The average molecular weight is 300 g/mol. The number of methoxy groups -OCH3 is 1. The molecule has 4 rings (SSSR count). The molecule has 22 heavy (non-hydrogen) atoms. The van der Waals surface area contributed by atoms with Gasteiger partial charge >= 0.3 is 0 Å². The maximum Gasteiger partial charge on any atom is 0.142 e. The molecule has 1 saturated heterocycles. The molecule has 3 nitrogen and oxygen atoms in total. The molecule has 0 amide bonds. The van der Waals surface area contributed by atoms with E-state index in [4.69, 9.17) is 4.74 Å². The fourth-order valence-corrected chi connectivity index (χ4v) is 5.60. The van der Waals surface area contributed by atoms with Crippen LogP contribution in [0.3, 0.4) is 0 Å². The van der Waals surface area contributed by atoms with Crippen LogP contribution in [0.15, 0.2) is 12.1 Å². The van der Waals surface area contributed by atoms with Gasteiger partial charge in [-0.25, -0.2) is 0 Å². The first-order valence-electron chi connectivity index (χ1n) is 8.79. The van der Waals surface area contributed by atoms with Crippen LogP contribution in [0.25, 0.3) is 0 Å². The topological polar surface area (TPSA) is 24.5 Å². The van der Waals surface area contributed by atoms with Gasteiger partial charge in [0.05, 0.1) is 12.8 Å². The Morgan fingerprint density at radius 2 is 2.14 bits per heavy atom. The maximum atomic E-state index is 5.66. The fourth-order valence-electron chi connectivity index (χ4n) is 5.60. The minimum Gasteiger partial charge on any atom is -0.495 e. The number of nitrogens with zero attached hydrogens (tertiary/aromatic N) is 1. The Kier molecular flexibility index (Phi) is 3.37. The highest BCUT2D eigenvalue weighted by molar-refractivity contribution is 5.62. The van der Waals surface area contributed by atoms with E-state index >= 15 is 0 Å². The Bertz CT molecular complexity index is 585. The lowest BCUT2D eigenvalue weighted by Gasteiger charge is -2.58. The predicted octanol–water partition coefficient (Wildman–Crippen LogP) is 3.43. The van der Waals surface area contributed by atoms with Crippen molar-refractivity contribution >= 4 is 5.69 Å². The number of nitrogens with one attached hydrogen (secondary N) is 1. The van der Waals surface area contributed by atoms with Crippen LogP contribution in [-0.4, -0.2) is 38.7 Å². The Hall–Kier alpha value is -1.22. The predicted molar refractivity (Wildman–Crippen MR) is 90.9 cm³/mol. The molecule has 1 aliphatic heterocycles. The van der Waals surface area contributed by atoms with Crippen molar-refractivity contribution in [2.45, 2.75) is 50.0 Å². The molecular weight excluding hydrogens is 272 g/mol. The number of fused-ring (bicyclic) bond motifs is 1. The summed E-state index contributed by atoms with van der Waals surface area (Å²) in [4.78, 5) is 2.63. The quantitative estimate of drug-likeness (QED) is 0.905. The van der Waals surface area contributed by atoms with Crippen molar-refractivity contribution in [3.63, 3.8) is 0 Å². The molecule has 1 aromatic rings. The van der Waals surface area contributed by atoms with Gasteiger partial charge in [0.1, 0.15) is 5.75 Å². The van der Waals surface area contributed by atoms with Crippen LogP contribution < -0.4 is 10.1 Å².